The Kier molecular flexibility index (Phi) is 7.20. The molecule has 0 radical (unpaired) electrons. The van der Waals surface area contributed by atoms with Crippen molar-refractivity contribution in [3.63, 3.8) is 0 Å². The maximum Gasteiger partial charge on any atom is 2.00 e. The van der Waals surface area contributed by atoms with Crippen LogP contribution in [-0.4, -0.2) is 33.6 Å². The van der Waals surface area contributed by atoms with Crippen LogP contribution in [0.3, 0.4) is 0 Å². The van der Waals surface area contributed by atoms with Gasteiger partial charge >= 0.3 is 21.1 Å². The number of thiazole rings is 1. The molecule has 5 aromatic heterocycles. The molecule has 0 aliphatic carbocycles. The molecule has 9 heteroatoms. The molecule has 0 atom stereocenters. The van der Waals surface area contributed by atoms with E-state index in [0.717, 1.165) is 82.3 Å². The quantitative estimate of drug-likeness (QED) is 0.164. The van der Waals surface area contributed by atoms with Gasteiger partial charge in [0.25, 0.3) is 0 Å². The van der Waals surface area contributed by atoms with E-state index in [1.54, 1.807) is 17.5 Å². The number of aryl methyl sites for hydroxylation is 2. The molecule has 0 amide bonds. The van der Waals surface area contributed by atoms with Crippen molar-refractivity contribution in [3.8, 4) is 50.3 Å². The summed E-state index contributed by atoms with van der Waals surface area (Å²) < 4.78 is 7.45. The van der Waals surface area contributed by atoms with Gasteiger partial charge < -0.3 is 18.7 Å². The number of benzene rings is 4. The SMILES string of the molecule is Cn1ccnc1-c1ccc(-c2[c-]c(-n3c4[c-]c(-c5nc6ccccc6s5)ccc4c4ccccc43)c(-c3nccn3C)cc2)nc1.[Pt+2]. The molecule has 0 fully saturated rings. The molecule has 0 aliphatic heterocycles. The fourth-order valence-corrected chi connectivity index (χ4v) is 7.13. The Bertz CT molecular complexity index is 2540. The number of imidazole rings is 2. The molecule has 47 heavy (non-hydrogen) atoms. The van der Waals surface area contributed by atoms with Crippen molar-refractivity contribution in [2.24, 2.45) is 14.1 Å². The molecule has 5 heterocycles. The average molecular weight is 807 g/mol. The Labute approximate surface area is 289 Å². The zero-order valence-electron chi connectivity index (χ0n) is 25.3. The van der Waals surface area contributed by atoms with E-state index in [0.29, 0.717) is 0 Å². The second-order valence-corrected chi connectivity index (χ2v) is 12.3. The van der Waals surface area contributed by atoms with Crippen LogP contribution < -0.4 is 0 Å². The Morgan fingerprint density at radius 2 is 1.45 bits per heavy atom. The first-order valence-electron chi connectivity index (χ1n) is 14.9. The van der Waals surface area contributed by atoms with Crippen LogP contribution in [0.5, 0.6) is 0 Å². The first-order valence-corrected chi connectivity index (χ1v) is 15.7. The summed E-state index contributed by atoms with van der Waals surface area (Å²) in [6, 6.07) is 36.9. The minimum atomic E-state index is 0. The van der Waals surface area contributed by atoms with Crippen LogP contribution in [0.15, 0.2) is 116 Å². The minimum absolute atomic E-state index is 0. The Hall–Kier alpha value is -5.17. The van der Waals surface area contributed by atoms with Crippen molar-refractivity contribution in [3.05, 3.63) is 128 Å². The van der Waals surface area contributed by atoms with E-state index in [-0.39, 0.29) is 21.1 Å². The molecule has 0 bridgehead atoms. The van der Waals surface area contributed by atoms with Gasteiger partial charge in [-0.05, 0) is 46.0 Å². The van der Waals surface area contributed by atoms with Crippen LogP contribution in [0.1, 0.15) is 0 Å². The maximum absolute atomic E-state index is 4.94. The molecular weight excluding hydrogens is 782 g/mol. The molecule has 0 unspecified atom stereocenters. The number of hydrogen-bond acceptors (Lipinski definition) is 5. The molecule has 4 aromatic carbocycles. The molecule has 0 aliphatic rings. The van der Waals surface area contributed by atoms with Crippen LogP contribution in [0.2, 0.25) is 0 Å². The van der Waals surface area contributed by atoms with Gasteiger partial charge in [-0.2, -0.15) is 11.3 Å². The first-order chi connectivity index (χ1) is 22.6. The number of rotatable bonds is 5. The van der Waals surface area contributed by atoms with E-state index < -0.39 is 0 Å². The summed E-state index contributed by atoms with van der Waals surface area (Å²) in [6.45, 7) is 0. The van der Waals surface area contributed by atoms with E-state index in [2.05, 4.69) is 94.5 Å². The fraction of sp³-hybridized carbons (Fsp3) is 0.0526. The van der Waals surface area contributed by atoms with Gasteiger partial charge in [0.05, 0.1) is 11.3 Å². The maximum atomic E-state index is 4.94. The van der Waals surface area contributed by atoms with Crippen LogP contribution in [0.4, 0.5) is 0 Å². The Morgan fingerprint density at radius 3 is 2.21 bits per heavy atom. The molecule has 7 nitrogen and oxygen atoms in total. The predicted octanol–water partition coefficient (Wildman–Crippen LogP) is 8.52. The third-order valence-corrected chi connectivity index (χ3v) is 9.51. The van der Waals surface area contributed by atoms with E-state index >= 15 is 0 Å². The van der Waals surface area contributed by atoms with Crippen molar-refractivity contribution in [1.82, 2.24) is 33.6 Å². The van der Waals surface area contributed by atoms with Gasteiger partial charge in [-0.15, -0.1) is 47.5 Å². The van der Waals surface area contributed by atoms with Gasteiger partial charge in [0.1, 0.15) is 5.82 Å². The number of para-hydroxylation sites is 2. The van der Waals surface area contributed by atoms with Crippen molar-refractivity contribution in [1.29, 1.82) is 0 Å². The number of pyridine rings is 1. The summed E-state index contributed by atoms with van der Waals surface area (Å²) in [6.07, 6.45) is 9.40. The van der Waals surface area contributed by atoms with Crippen LogP contribution in [-0.2, 0) is 35.2 Å². The van der Waals surface area contributed by atoms with Crippen molar-refractivity contribution < 1.29 is 21.1 Å². The number of fused-ring (bicyclic) bond motifs is 4. The van der Waals surface area contributed by atoms with Gasteiger partial charge in [-0.1, -0.05) is 47.9 Å². The summed E-state index contributed by atoms with van der Waals surface area (Å²) in [7, 11) is 4.00. The van der Waals surface area contributed by atoms with Crippen LogP contribution in [0.25, 0.3) is 82.3 Å². The Balaban J connectivity index is 0.00000324. The summed E-state index contributed by atoms with van der Waals surface area (Å²) in [5.74, 6) is 1.72. The zero-order valence-corrected chi connectivity index (χ0v) is 28.4. The first kappa shape index (κ1) is 29.2. The summed E-state index contributed by atoms with van der Waals surface area (Å²) in [4.78, 5) is 19.0. The molecular formula is C38H25N7PtS. The van der Waals surface area contributed by atoms with Gasteiger partial charge in [-0.25, -0.2) is 9.97 Å². The number of nitrogens with zero attached hydrogens (tertiary/aromatic N) is 7. The van der Waals surface area contributed by atoms with Gasteiger partial charge in [-0.3, -0.25) is 4.98 Å². The van der Waals surface area contributed by atoms with E-state index in [9.17, 15) is 0 Å². The molecule has 0 N–H and O–H groups in total. The fourth-order valence-electron chi connectivity index (χ4n) is 6.18. The third-order valence-electron chi connectivity index (χ3n) is 8.44. The topological polar surface area (TPSA) is 66.3 Å². The Morgan fingerprint density at radius 1 is 0.681 bits per heavy atom. The largest absolute Gasteiger partial charge is 2.00 e. The second-order valence-electron chi connectivity index (χ2n) is 11.3. The number of aromatic nitrogens is 7. The summed E-state index contributed by atoms with van der Waals surface area (Å²) >= 11 is 1.68. The van der Waals surface area contributed by atoms with E-state index in [4.69, 9.17) is 15.0 Å². The monoisotopic (exact) mass is 806 g/mol. The molecule has 9 aromatic rings. The van der Waals surface area contributed by atoms with Crippen molar-refractivity contribution in [2.45, 2.75) is 0 Å². The van der Waals surface area contributed by atoms with Gasteiger partial charge in [0.15, 0.2) is 0 Å². The third kappa shape index (κ3) is 4.84. The second kappa shape index (κ2) is 11.6. The average Bonchev–Trinajstić information content (AvgIpc) is 3.89. The van der Waals surface area contributed by atoms with E-state index in [1.165, 1.54) is 0 Å². The van der Waals surface area contributed by atoms with Gasteiger partial charge in [0, 0.05) is 65.9 Å². The summed E-state index contributed by atoms with van der Waals surface area (Å²) in [5.41, 5.74) is 8.48. The number of hydrogen-bond donors (Lipinski definition) is 0. The van der Waals surface area contributed by atoms with E-state index in [1.807, 2.05) is 60.1 Å². The zero-order chi connectivity index (χ0) is 30.8. The molecule has 9 rings (SSSR count). The standard InChI is InChI=1S/C38H25N7S.Pt/c1-43-19-17-39-36(43)26-13-16-30(41-23-26)24-11-15-29(37-40-18-20-44(37)2)34(21-24)45-32-9-5-3-7-27(32)28-14-12-25(22-33(28)45)38-42-31-8-4-6-10-35(31)46-38;/h3-20,23H,1-2H3;/q-2;+2. The van der Waals surface area contributed by atoms with Crippen LogP contribution in [0, 0.1) is 12.1 Å². The predicted molar refractivity (Wildman–Crippen MR) is 185 cm³/mol. The minimum Gasteiger partial charge on any atom is -0.345 e. The van der Waals surface area contributed by atoms with Crippen molar-refractivity contribution in [2.75, 3.05) is 0 Å². The van der Waals surface area contributed by atoms with Crippen molar-refractivity contribution >= 4 is 43.4 Å². The molecule has 228 valence electrons. The molecule has 0 saturated carbocycles. The van der Waals surface area contributed by atoms with Gasteiger partial charge in [0.2, 0.25) is 0 Å². The molecule has 0 spiro atoms. The molecule has 0 saturated heterocycles. The van der Waals surface area contributed by atoms with Crippen LogP contribution >= 0.6 is 11.3 Å². The smallest absolute Gasteiger partial charge is 0.345 e. The summed E-state index contributed by atoms with van der Waals surface area (Å²) in [5, 5.41) is 3.20. The normalized spacial score (nSPS) is 11.4.